The summed E-state index contributed by atoms with van der Waals surface area (Å²) >= 11 is 0. The molecule has 3 fully saturated rings. The highest BCUT2D eigenvalue weighted by molar-refractivity contribution is 5.94. The minimum absolute atomic E-state index is 0.0814. The summed E-state index contributed by atoms with van der Waals surface area (Å²) in [5, 5.41) is 5.34. The fourth-order valence-corrected chi connectivity index (χ4v) is 4.06. The van der Waals surface area contributed by atoms with E-state index in [1.54, 1.807) is 0 Å². The van der Waals surface area contributed by atoms with Gasteiger partial charge in [0, 0.05) is 12.6 Å². The van der Waals surface area contributed by atoms with Crippen molar-refractivity contribution in [3.63, 3.8) is 0 Å². The first kappa shape index (κ1) is 19.1. The van der Waals surface area contributed by atoms with E-state index in [4.69, 9.17) is 4.74 Å². The first-order valence-corrected chi connectivity index (χ1v) is 9.96. The lowest BCUT2D eigenvalue weighted by Crippen LogP contribution is -3.16. The van der Waals surface area contributed by atoms with Crippen molar-refractivity contribution < 1.29 is 24.0 Å². The lowest BCUT2D eigenvalue weighted by Gasteiger charge is -2.33. The molecule has 2 heterocycles. The average molecular weight is 367 g/mol. The van der Waals surface area contributed by atoms with E-state index in [-0.39, 0.29) is 36.5 Å². The van der Waals surface area contributed by atoms with E-state index in [0.29, 0.717) is 19.7 Å². The van der Waals surface area contributed by atoms with Crippen molar-refractivity contribution in [2.24, 2.45) is 0 Å². The zero-order chi connectivity index (χ0) is 18.4. The molecule has 1 atom stereocenters. The van der Waals surface area contributed by atoms with Gasteiger partial charge in [-0.25, -0.2) is 4.79 Å². The van der Waals surface area contributed by atoms with Crippen molar-refractivity contribution in [2.45, 2.75) is 57.1 Å². The van der Waals surface area contributed by atoms with Crippen molar-refractivity contribution >= 4 is 17.8 Å². The predicted molar refractivity (Wildman–Crippen MR) is 94.7 cm³/mol. The number of carbonyl (C=O) groups excluding carboxylic acids is 3. The number of imide groups is 1. The third kappa shape index (κ3) is 5.41. The minimum atomic E-state index is -0.381. The Hall–Kier alpha value is -1.67. The van der Waals surface area contributed by atoms with Gasteiger partial charge in [0.15, 0.2) is 6.54 Å². The standard InChI is InChI=1S/C18H30N4O4/c23-16(20-18(25)19-14-5-2-1-3-6-14)13-21-8-10-22(11-9-21)17(24)15-7-4-12-26-15/h14-15H,1-13H2,(H2,19,20,23,25)/p+1/t15-/m1/s1. The Kier molecular flexibility index (Phi) is 6.85. The Labute approximate surface area is 154 Å². The molecule has 0 aromatic carbocycles. The molecule has 3 N–H and O–H groups in total. The third-order valence-corrected chi connectivity index (χ3v) is 5.59. The van der Waals surface area contributed by atoms with Crippen LogP contribution in [0.1, 0.15) is 44.9 Å². The van der Waals surface area contributed by atoms with Crippen LogP contribution in [-0.2, 0) is 14.3 Å². The van der Waals surface area contributed by atoms with Crippen LogP contribution in [0.4, 0.5) is 4.79 Å². The summed E-state index contributed by atoms with van der Waals surface area (Å²) in [6.45, 7) is 3.64. The van der Waals surface area contributed by atoms with Crippen LogP contribution in [0.5, 0.6) is 0 Å². The maximum absolute atomic E-state index is 12.3. The predicted octanol–water partition coefficient (Wildman–Crippen LogP) is -0.949. The van der Waals surface area contributed by atoms with Gasteiger partial charge in [0.05, 0.1) is 26.2 Å². The Balaban J connectivity index is 1.33. The van der Waals surface area contributed by atoms with Crippen LogP contribution in [-0.4, -0.2) is 74.2 Å². The number of quaternary nitrogens is 1. The monoisotopic (exact) mass is 367 g/mol. The fourth-order valence-electron chi connectivity index (χ4n) is 4.06. The maximum atomic E-state index is 12.3. The quantitative estimate of drug-likeness (QED) is 0.598. The summed E-state index contributed by atoms with van der Waals surface area (Å²) < 4.78 is 5.46. The first-order chi connectivity index (χ1) is 12.6. The molecule has 3 rings (SSSR count). The molecule has 0 spiro atoms. The number of piperazine rings is 1. The van der Waals surface area contributed by atoms with Crippen LogP contribution in [0.25, 0.3) is 0 Å². The van der Waals surface area contributed by atoms with Crippen LogP contribution in [0, 0.1) is 0 Å². The summed E-state index contributed by atoms with van der Waals surface area (Å²) in [6.07, 6.45) is 6.97. The molecule has 2 aliphatic heterocycles. The van der Waals surface area contributed by atoms with E-state index < -0.39 is 0 Å². The highest BCUT2D eigenvalue weighted by Crippen LogP contribution is 2.17. The van der Waals surface area contributed by atoms with Crippen LogP contribution in [0.2, 0.25) is 0 Å². The largest absolute Gasteiger partial charge is 0.368 e. The van der Waals surface area contributed by atoms with E-state index in [1.807, 2.05) is 4.90 Å². The van der Waals surface area contributed by atoms with Crippen molar-refractivity contribution in [3.05, 3.63) is 0 Å². The van der Waals surface area contributed by atoms with Crippen LogP contribution in [0.15, 0.2) is 0 Å². The SMILES string of the molecule is O=C(C[NH+]1CCN(C(=O)[C@H]2CCCO2)CC1)NC(=O)NC1CCCCC1. The van der Waals surface area contributed by atoms with Crippen molar-refractivity contribution in [3.8, 4) is 0 Å². The molecule has 26 heavy (non-hydrogen) atoms. The summed E-state index contributed by atoms with van der Waals surface area (Å²) in [4.78, 5) is 39.3. The average Bonchev–Trinajstić information content (AvgIpc) is 3.17. The second-order valence-corrected chi connectivity index (χ2v) is 7.61. The highest BCUT2D eigenvalue weighted by Gasteiger charge is 2.32. The van der Waals surface area contributed by atoms with E-state index in [0.717, 1.165) is 56.5 Å². The van der Waals surface area contributed by atoms with Gasteiger partial charge in [-0.1, -0.05) is 19.3 Å². The number of amides is 4. The van der Waals surface area contributed by atoms with Crippen molar-refractivity contribution in [1.82, 2.24) is 15.5 Å². The van der Waals surface area contributed by atoms with Gasteiger partial charge in [-0.3, -0.25) is 14.9 Å². The van der Waals surface area contributed by atoms with Crippen LogP contribution < -0.4 is 15.5 Å². The molecule has 146 valence electrons. The smallest absolute Gasteiger partial charge is 0.321 e. The number of ether oxygens (including phenoxy) is 1. The lowest BCUT2D eigenvalue weighted by atomic mass is 9.96. The van der Waals surface area contributed by atoms with E-state index >= 15 is 0 Å². The summed E-state index contributed by atoms with van der Waals surface area (Å²) in [7, 11) is 0. The molecule has 4 amide bonds. The summed E-state index contributed by atoms with van der Waals surface area (Å²) in [5.74, 6) is -0.176. The van der Waals surface area contributed by atoms with Crippen molar-refractivity contribution in [1.29, 1.82) is 0 Å². The Morgan fingerprint density at radius 1 is 1.00 bits per heavy atom. The molecule has 0 bridgehead atoms. The van der Waals surface area contributed by atoms with Crippen molar-refractivity contribution in [2.75, 3.05) is 39.3 Å². The normalized spacial score (nSPS) is 25.1. The maximum Gasteiger partial charge on any atom is 0.321 e. The third-order valence-electron chi connectivity index (χ3n) is 5.59. The first-order valence-electron chi connectivity index (χ1n) is 9.96. The zero-order valence-corrected chi connectivity index (χ0v) is 15.4. The second kappa shape index (κ2) is 9.32. The molecular formula is C18H31N4O4+. The molecule has 1 aliphatic carbocycles. The molecule has 8 heteroatoms. The Morgan fingerprint density at radius 3 is 2.38 bits per heavy atom. The lowest BCUT2D eigenvalue weighted by molar-refractivity contribution is -0.896. The number of hydrogen-bond acceptors (Lipinski definition) is 4. The van der Waals surface area contributed by atoms with Crippen LogP contribution in [0.3, 0.4) is 0 Å². The van der Waals surface area contributed by atoms with E-state index in [9.17, 15) is 14.4 Å². The molecule has 0 aromatic rings. The highest BCUT2D eigenvalue weighted by atomic mass is 16.5. The van der Waals surface area contributed by atoms with Gasteiger partial charge < -0.3 is 19.9 Å². The number of nitrogens with zero attached hydrogens (tertiary/aromatic N) is 1. The molecule has 0 unspecified atom stereocenters. The Bertz CT molecular complexity index is 507. The molecule has 1 saturated carbocycles. The van der Waals surface area contributed by atoms with Gasteiger partial charge in [-0.2, -0.15) is 0 Å². The number of urea groups is 1. The fraction of sp³-hybridized carbons (Fsp3) is 0.833. The minimum Gasteiger partial charge on any atom is -0.368 e. The van der Waals surface area contributed by atoms with Gasteiger partial charge >= 0.3 is 6.03 Å². The number of nitrogens with one attached hydrogen (secondary N) is 3. The molecular weight excluding hydrogens is 336 g/mol. The second-order valence-electron chi connectivity index (χ2n) is 7.61. The van der Waals surface area contributed by atoms with Gasteiger partial charge in [-0.15, -0.1) is 0 Å². The van der Waals surface area contributed by atoms with E-state index in [2.05, 4.69) is 10.6 Å². The molecule has 8 nitrogen and oxygen atoms in total. The van der Waals surface area contributed by atoms with Crippen LogP contribution >= 0.6 is 0 Å². The molecule has 0 radical (unpaired) electrons. The number of rotatable bonds is 4. The van der Waals surface area contributed by atoms with Gasteiger partial charge in [0.2, 0.25) is 0 Å². The number of carbonyl (C=O) groups is 3. The Morgan fingerprint density at radius 2 is 1.73 bits per heavy atom. The molecule has 0 aromatic heterocycles. The van der Waals surface area contributed by atoms with E-state index in [1.165, 1.54) is 6.42 Å². The van der Waals surface area contributed by atoms with Gasteiger partial charge in [0.25, 0.3) is 11.8 Å². The zero-order valence-electron chi connectivity index (χ0n) is 15.4. The van der Waals surface area contributed by atoms with Gasteiger partial charge in [0.1, 0.15) is 6.10 Å². The van der Waals surface area contributed by atoms with Gasteiger partial charge in [-0.05, 0) is 25.7 Å². The molecule has 3 aliphatic rings. The summed E-state index contributed by atoms with van der Waals surface area (Å²) in [5.41, 5.74) is 0. The topological polar surface area (TPSA) is 92.2 Å². The number of hydrogen-bond donors (Lipinski definition) is 3. The summed E-state index contributed by atoms with van der Waals surface area (Å²) in [6, 6.07) is -0.190. The molecule has 2 saturated heterocycles.